The Labute approximate surface area is 319 Å². The molecule has 6 rings (SSSR count). The van der Waals surface area contributed by atoms with E-state index in [0.717, 1.165) is 34.4 Å². The molecule has 4 amide bonds. The molecule has 18 heteroatoms. The summed E-state index contributed by atoms with van der Waals surface area (Å²) in [6.07, 6.45) is 5.19. The average Bonchev–Trinajstić information content (AvgIpc) is 3.44. The number of β-lactam (4-membered cyclic amide) rings is 1. The van der Waals surface area contributed by atoms with E-state index < -0.39 is 46.7 Å². The Morgan fingerprint density at radius 1 is 1.06 bits per heavy atom. The fourth-order valence-corrected chi connectivity index (χ4v) is 8.60. The van der Waals surface area contributed by atoms with Crippen molar-refractivity contribution >= 4 is 93.6 Å². The smallest absolute Gasteiger partial charge is 0.290 e. The van der Waals surface area contributed by atoms with Gasteiger partial charge in [-0.05, 0) is 47.9 Å². The van der Waals surface area contributed by atoms with Crippen molar-refractivity contribution in [3.8, 4) is 5.75 Å². The summed E-state index contributed by atoms with van der Waals surface area (Å²) >= 11 is 20.6. The van der Waals surface area contributed by atoms with Gasteiger partial charge in [-0.25, -0.2) is 4.39 Å². The first-order valence-electron chi connectivity index (χ1n) is 15.5. The largest absolute Gasteiger partial charge is 0.543 e. The van der Waals surface area contributed by atoms with Crippen LogP contribution in [0.25, 0.3) is 0 Å². The molecule has 3 aromatic rings. The number of hydrogen-bond acceptors (Lipinski definition) is 9. The van der Waals surface area contributed by atoms with Crippen LogP contribution in [0.2, 0.25) is 15.1 Å². The number of fused-ring (bicyclic) bond motifs is 1. The summed E-state index contributed by atoms with van der Waals surface area (Å²) in [6.45, 7) is 0.589. The highest BCUT2D eigenvalue weighted by molar-refractivity contribution is 8.00. The quantitative estimate of drug-likeness (QED) is 0.0660. The van der Waals surface area contributed by atoms with E-state index in [0.29, 0.717) is 28.5 Å². The first-order valence-corrected chi connectivity index (χ1v) is 18.7. The Kier molecular flexibility index (Phi) is 11.4. The Balaban J connectivity index is 1.04. The Bertz CT molecular complexity index is 2070. The summed E-state index contributed by atoms with van der Waals surface area (Å²) in [6, 6.07) is 9.09. The van der Waals surface area contributed by atoms with Gasteiger partial charge < -0.3 is 30.5 Å². The number of nitrogens with one attached hydrogen (secondary N) is 2. The standard InChI is InChI=1S/C34H27Cl3FN5O7S2/c35-21-11-23(37)26(12-22(21)36)51-16-28(46)40-29-32(48)43-30(34(49)50)19(15-52-33(29)43)9-18-5-8-42(31(18)47)13-17-3-6-41(7-4-17)14-27(45)39-20-1-2-25(44)24(38)10-20/h1-4,6-7,9-12,29,33H,5,8,13-16H2,(H3-,39,40,44,45,46,49,50)/t29-,33-/m1/s1. The van der Waals surface area contributed by atoms with E-state index in [1.807, 2.05) is 0 Å². The molecule has 2 aromatic carbocycles. The summed E-state index contributed by atoms with van der Waals surface area (Å²) in [7, 11) is 0. The Morgan fingerprint density at radius 2 is 1.79 bits per heavy atom. The van der Waals surface area contributed by atoms with E-state index in [-0.39, 0.29) is 57.5 Å². The minimum Gasteiger partial charge on any atom is -0.543 e. The number of benzene rings is 2. The van der Waals surface area contributed by atoms with E-state index in [2.05, 4.69) is 10.6 Å². The highest BCUT2D eigenvalue weighted by Gasteiger charge is 2.52. The van der Waals surface area contributed by atoms with E-state index in [1.165, 1.54) is 36.0 Å². The number of allylic oxidation sites excluding steroid dienone is 1. The minimum absolute atomic E-state index is 0.0614. The molecule has 52 heavy (non-hydrogen) atoms. The third-order valence-electron chi connectivity index (χ3n) is 8.29. The summed E-state index contributed by atoms with van der Waals surface area (Å²) in [5.74, 6) is -4.61. The van der Waals surface area contributed by atoms with Gasteiger partial charge in [-0.3, -0.25) is 24.1 Å². The third kappa shape index (κ3) is 8.18. The zero-order chi connectivity index (χ0) is 37.3. The van der Waals surface area contributed by atoms with Crippen LogP contribution in [0, 0.1) is 5.82 Å². The van der Waals surface area contributed by atoms with Crippen molar-refractivity contribution in [1.82, 2.24) is 15.1 Å². The molecule has 2 saturated heterocycles. The number of carbonyl (C=O) groups is 5. The lowest BCUT2D eigenvalue weighted by Gasteiger charge is -2.50. The average molecular weight is 807 g/mol. The van der Waals surface area contributed by atoms with Crippen molar-refractivity contribution in [3.63, 3.8) is 0 Å². The number of aromatic nitrogens is 1. The number of nitrogens with zero attached hydrogens (tertiary/aromatic N) is 3. The molecule has 2 atom stereocenters. The molecule has 0 unspecified atom stereocenters. The van der Waals surface area contributed by atoms with Gasteiger partial charge in [0.1, 0.15) is 11.4 Å². The number of aromatic hydroxyl groups is 1. The molecule has 3 aliphatic heterocycles. The minimum atomic E-state index is -1.57. The number of pyridine rings is 1. The highest BCUT2D eigenvalue weighted by atomic mass is 35.5. The Morgan fingerprint density at radius 3 is 2.50 bits per heavy atom. The van der Waals surface area contributed by atoms with Crippen LogP contribution in [0.4, 0.5) is 10.1 Å². The van der Waals surface area contributed by atoms with Gasteiger partial charge >= 0.3 is 0 Å². The fourth-order valence-electron chi connectivity index (χ4n) is 5.75. The molecule has 4 heterocycles. The monoisotopic (exact) mass is 805 g/mol. The molecule has 12 nitrogen and oxygen atoms in total. The summed E-state index contributed by atoms with van der Waals surface area (Å²) in [5, 5.41) is 27.0. The number of amides is 4. The van der Waals surface area contributed by atoms with Gasteiger partial charge in [0.05, 0.1) is 32.5 Å². The second-order valence-electron chi connectivity index (χ2n) is 11.8. The number of carboxylic acids is 1. The molecule has 1 aromatic heterocycles. The van der Waals surface area contributed by atoms with E-state index in [1.54, 1.807) is 34.0 Å². The summed E-state index contributed by atoms with van der Waals surface area (Å²) in [4.78, 5) is 67.0. The van der Waals surface area contributed by atoms with Gasteiger partial charge in [-0.2, -0.15) is 4.57 Å². The summed E-state index contributed by atoms with van der Waals surface area (Å²) in [5.41, 5.74) is 1.31. The van der Waals surface area contributed by atoms with Crippen LogP contribution in [0.1, 0.15) is 12.0 Å². The number of thioether (sulfide) groups is 2. The van der Waals surface area contributed by atoms with Crippen LogP contribution < -0.4 is 20.3 Å². The first-order chi connectivity index (χ1) is 24.8. The summed E-state index contributed by atoms with van der Waals surface area (Å²) < 4.78 is 15.2. The van der Waals surface area contributed by atoms with Gasteiger partial charge in [0, 0.05) is 53.2 Å². The number of anilines is 1. The number of likely N-dealkylation sites (tertiary alicyclic amines) is 1. The predicted molar refractivity (Wildman–Crippen MR) is 191 cm³/mol. The normalized spacial score (nSPS) is 19.1. The maximum Gasteiger partial charge on any atom is 0.290 e. The van der Waals surface area contributed by atoms with Crippen molar-refractivity contribution in [2.75, 3.05) is 23.4 Å². The number of rotatable bonds is 11. The maximum atomic E-state index is 13.6. The van der Waals surface area contributed by atoms with Gasteiger partial charge in [0.2, 0.25) is 18.4 Å². The van der Waals surface area contributed by atoms with Crippen molar-refractivity contribution in [1.29, 1.82) is 0 Å². The number of phenols is 1. The van der Waals surface area contributed by atoms with Crippen molar-refractivity contribution in [2.45, 2.75) is 35.8 Å². The fraction of sp³-hybridized carbons (Fsp3) is 0.235. The zero-order valence-corrected chi connectivity index (χ0v) is 30.6. The topological polar surface area (TPSA) is 163 Å². The van der Waals surface area contributed by atoms with E-state index >= 15 is 0 Å². The highest BCUT2D eigenvalue weighted by Crippen LogP contribution is 2.41. The number of carbonyl (C=O) groups excluding carboxylic acids is 5. The first kappa shape index (κ1) is 37.5. The lowest BCUT2D eigenvalue weighted by atomic mass is 10.0. The van der Waals surface area contributed by atoms with Crippen LogP contribution in [-0.2, 0) is 37.1 Å². The number of halogens is 4. The third-order valence-corrected chi connectivity index (χ3v) is 11.8. The molecule has 2 fully saturated rings. The van der Waals surface area contributed by atoms with Gasteiger partial charge in [0.25, 0.3) is 11.8 Å². The molecular weight excluding hydrogens is 780 g/mol. The lowest BCUT2D eigenvalue weighted by Crippen LogP contribution is -2.71. The zero-order valence-electron chi connectivity index (χ0n) is 26.7. The van der Waals surface area contributed by atoms with Gasteiger partial charge in [-0.1, -0.05) is 34.8 Å². The molecule has 3 aliphatic rings. The number of aliphatic carboxylic acids is 1. The lowest BCUT2D eigenvalue weighted by molar-refractivity contribution is -0.684. The van der Waals surface area contributed by atoms with Gasteiger partial charge in [0.15, 0.2) is 24.0 Å². The molecule has 0 bridgehead atoms. The van der Waals surface area contributed by atoms with Crippen molar-refractivity contribution in [3.05, 3.63) is 104 Å². The predicted octanol–water partition coefficient (Wildman–Crippen LogP) is 3.27. The van der Waals surface area contributed by atoms with Crippen LogP contribution in [0.5, 0.6) is 5.75 Å². The number of phenolic OH excluding ortho intramolecular Hbond substituents is 1. The van der Waals surface area contributed by atoms with Crippen LogP contribution in [-0.4, -0.2) is 74.0 Å². The molecule has 270 valence electrons. The molecule has 0 saturated carbocycles. The molecule has 0 spiro atoms. The number of carboxylic acid groups (broad SMARTS) is 1. The molecular formula is C34H27Cl3FN5O7S2. The van der Waals surface area contributed by atoms with Crippen LogP contribution in [0.15, 0.2) is 82.7 Å². The second-order valence-corrected chi connectivity index (χ2v) is 15.2. The molecule has 3 N–H and O–H groups in total. The van der Waals surface area contributed by atoms with E-state index in [9.17, 15) is 38.6 Å². The molecule has 0 radical (unpaired) electrons. The van der Waals surface area contributed by atoms with Crippen LogP contribution in [0.3, 0.4) is 0 Å². The van der Waals surface area contributed by atoms with Gasteiger partial charge in [-0.15, -0.1) is 23.5 Å². The maximum absolute atomic E-state index is 13.6. The van der Waals surface area contributed by atoms with Crippen molar-refractivity contribution < 1.29 is 43.1 Å². The molecule has 0 aliphatic carbocycles. The van der Waals surface area contributed by atoms with Crippen molar-refractivity contribution in [2.24, 2.45) is 0 Å². The second kappa shape index (κ2) is 15.8. The SMILES string of the molecule is O=C(C[n+]1ccc(CN2CCC(=CC3=C(C(=O)[O-])N4C(=O)[C@@H](NC(=O)CSc5cc(Cl)c(Cl)cc5Cl)[C@H]4SC3)C2=O)cc1)Nc1ccc(O)c(F)c1. The van der Waals surface area contributed by atoms with Crippen LogP contribution >= 0.6 is 58.3 Å². The Hall–Kier alpha value is -4.28. The van der Waals surface area contributed by atoms with E-state index in [4.69, 9.17) is 34.8 Å². The number of hydrogen-bond donors (Lipinski definition) is 3.